The van der Waals surface area contributed by atoms with Gasteiger partial charge in [0.15, 0.2) is 0 Å². The van der Waals surface area contributed by atoms with Crippen LogP contribution in [0.4, 0.5) is 4.79 Å². The third-order valence-electron chi connectivity index (χ3n) is 0. The number of hydrogen-bond donors (Lipinski definition) is 2. The fraction of sp³-hybridized carbons (Fsp3) is 0. The molecule has 0 spiro atoms. The Bertz CT molecular complexity index is 46.3. The van der Waals surface area contributed by atoms with E-state index in [1.54, 1.807) is 0 Å². The molecular formula is CH7ClMg2O3. The van der Waals surface area contributed by atoms with Gasteiger partial charge in [0, 0.05) is 0 Å². The molecule has 0 aromatic rings. The summed E-state index contributed by atoms with van der Waals surface area (Å²) in [5.41, 5.74) is 0. The van der Waals surface area contributed by atoms with Crippen LogP contribution >= 0.6 is 12.4 Å². The van der Waals surface area contributed by atoms with Gasteiger partial charge in [-0.3, -0.25) is 0 Å². The number of carboxylic acid groups (broad SMARTS) is 2. The van der Waals surface area contributed by atoms with E-state index in [1.165, 1.54) is 0 Å². The Morgan fingerprint density at radius 3 is 1.29 bits per heavy atom. The summed E-state index contributed by atoms with van der Waals surface area (Å²) in [4.78, 5) is 8.56. The quantitative estimate of drug-likeness (QED) is 0.490. The van der Waals surface area contributed by atoms with Gasteiger partial charge in [-0.2, -0.15) is 0 Å². The Labute approximate surface area is 85.1 Å². The third-order valence-corrected chi connectivity index (χ3v) is 0. The normalized spacial score (nSPS) is 3.43. The molecule has 0 radical (unpaired) electrons. The molecule has 0 bridgehead atoms. The number of carbonyl (C=O) groups is 1. The van der Waals surface area contributed by atoms with E-state index in [-0.39, 0.29) is 64.2 Å². The van der Waals surface area contributed by atoms with Gasteiger partial charge in [0.2, 0.25) is 0 Å². The van der Waals surface area contributed by atoms with Crippen LogP contribution in [0.25, 0.3) is 0 Å². The van der Waals surface area contributed by atoms with Crippen molar-refractivity contribution in [2.75, 3.05) is 0 Å². The zero-order valence-corrected chi connectivity index (χ0v) is 7.27. The molecule has 0 aliphatic carbocycles. The van der Waals surface area contributed by atoms with Crippen molar-refractivity contribution in [2.24, 2.45) is 0 Å². The maximum Gasteiger partial charge on any atom is 2.00 e. The van der Waals surface area contributed by atoms with E-state index in [4.69, 9.17) is 15.0 Å². The van der Waals surface area contributed by atoms with Gasteiger partial charge in [-0.25, -0.2) is 4.79 Å². The molecule has 0 saturated heterocycles. The van der Waals surface area contributed by atoms with E-state index < -0.39 is 6.16 Å². The third kappa shape index (κ3) is 154. The summed E-state index contributed by atoms with van der Waals surface area (Å²) in [6.07, 6.45) is -1.83. The Morgan fingerprint density at radius 1 is 1.29 bits per heavy atom. The van der Waals surface area contributed by atoms with Gasteiger partial charge in [-0.15, -0.1) is 12.4 Å². The molecule has 0 rings (SSSR count). The summed E-state index contributed by atoms with van der Waals surface area (Å²) in [7, 11) is 0. The van der Waals surface area contributed by atoms with Gasteiger partial charge in [-0.1, -0.05) is 0 Å². The first kappa shape index (κ1) is 24.3. The minimum absolute atomic E-state index is 0. The van der Waals surface area contributed by atoms with Crippen LogP contribution in [0.1, 0.15) is 5.71 Å². The van der Waals surface area contributed by atoms with Crippen LogP contribution < -0.4 is 0 Å². The van der Waals surface area contributed by atoms with Crippen LogP contribution in [0.5, 0.6) is 0 Å². The van der Waals surface area contributed by atoms with E-state index in [0.29, 0.717) is 0 Å². The van der Waals surface area contributed by atoms with Crippen LogP contribution in [-0.4, -0.2) is 62.5 Å². The second-order valence-electron chi connectivity index (χ2n) is 0.283. The Hall–Kier alpha value is 1.09. The molecule has 0 unspecified atom stereocenters. The van der Waals surface area contributed by atoms with Gasteiger partial charge in [-0.05, 0) is 0 Å². The fourth-order valence-corrected chi connectivity index (χ4v) is 0. The first-order valence-corrected chi connectivity index (χ1v) is 0.651. The van der Waals surface area contributed by atoms with E-state index >= 15 is 0 Å². The summed E-state index contributed by atoms with van der Waals surface area (Å²) in [5.74, 6) is 0. The average molecular weight is 151 g/mol. The van der Waals surface area contributed by atoms with Crippen LogP contribution in [0, 0.1) is 0 Å². The van der Waals surface area contributed by atoms with Crippen molar-refractivity contribution >= 4 is 64.7 Å². The van der Waals surface area contributed by atoms with Crippen LogP contribution in [0.3, 0.4) is 0 Å². The second-order valence-corrected chi connectivity index (χ2v) is 0.283. The molecule has 0 saturated carbocycles. The monoisotopic (exact) mass is 150 g/mol. The molecule has 0 aliphatic rings. The summed E-state index contributed by atoms with van der Waals surface area (Å²) in [6.45, 7) is 0. The molecule has 0 aliphatic heterocycles. The molecule has 0 amide bonds. The number of halogens is 1. The topological polar surface area (TPSA) is 57.5 Å². The van der Waals surface area contributed by atoms with Gasteiger partial charge < -0.3 is 15.9 Å². The largest absolute Gasteiger partial charge is 2.00 e. The maximum atomic E-state index is 8.56. The van der Waals surface area contributed by atoms with Crippen molar-refractivity contribution in [3.63, 3.8) is 0 Å². The molecular weight excluding hydrogens is 144 g/mol. The number of rotatable bonds is 0. The molecule has 40 valence electrons. The van der Waals surface area contributed by atoms with Gasteiger partial charge in [0.25, 0.3) is 0 Å². The maximum absolute atomic E-state index is 8.56. The summed E-state index contributed by atoms with van der Waals surface area (Å²) >= 11 is 0. The molecule has 2 N–H and O–H groups in total. The molecule has 3 nitrogen and oxygen atoms in total. The Balaban J connectivity index is -0.00000000214. The Kier molecular flexibility index (Phi) is 54.6. The summed E-state index contributed by atoms with van der Waals surface area (Å²) in [5, 5.41) is 13.9. The van der Waals surface area contributed by atoms with Crippen molar-refractivity contribution in [3.05, 3.63) is 0 Å². The van der Waals surface area contributed by atoms with Crippen molar-refractivity contribution in [3.8, 4) is 0 Å². The van der Waals surface area contributed by atoms with Crippen molar-refractivity contribution in [1.29, 1.82) is 0 Å². The van der Waals surface area contributed by atoms with Gasteiger partial charge in [0.1, 0.15) is 0 Å². The standard InChI is InChI=1S/CH2O3.ClH.2Mg.4H/c2-1(3)4;;;;;;;/h(H2,2,3,4);1H;;;;;;/q;;2*+2;4*-1. The fourth-order valence-electron chi connectivity index (χ4n) is 0. The zero-order chi connectivity index (χ0) is 3.58. The average Bonchev–Trinajstić information content (AvgIpc) is 0.811. The molecule has 6 heteroatoms. The Morgan fingerprint density at radius 2 is 1.29 bits per heavy atom. The smallest absolute Gasteiger partial charge is 1.00 e. The van der Waals surface area contributed by atoms with Gasteiger partial charge >= 0.3 is 52.3 Å². The molecule has 0 atom stereocenters. The van der Waals surface area contributed by atoms with Crippen molar-refractivity contribution in [2.45, 2.75) is 0 Å². The van der Waals surface area contributed by atoms with E-state index in [0.717, 1.165) is 0 Å². The predicted octanol–water partition coefficient (Wildman–Crippen LogP) is 0.333. The molecule has 0 aromatic heterocycles. The first-order chi connectivity index (χ1) is 1.73. The van der Waals surface area contributed by atoms with E-state index in [1.807, 2.05) is 0 Å². The van der Waals surface area contributed by atoms with Crippen molar-refractivity contribution < 1.29 is 20.7 Å². The molecule has 0 aromatic carbocycles. The van der Waals surface area contributed by atoms with Crippen LogP contribution in [0.2, 0.25) is 0 Å². The molecule has 0 fully saturated rings. The summed E-state index contributed by atoms with van der Waals surface area (Å²) in [6, 6.07) is 0. The summed E-state index contributed by atoms with van der Waals surface area (Å²) < 4.78 is 0. The van der Waals surface area contributed by atoms with Crippen molar-refractivity contribution in [1.82, 2.24) is 0 Å². The first-order valence-electron chi connectivity index (χ1n) is 0.651. The minimum atomic E-state index is -1.83. The van der Waals surface area contributed by atoms with E-state index in [9.17, 15) is 0 Å². The SMILES string of the molecule is Cl.O=C(O)O.[H-].[H-].[H-].[H-].[Mg+2].[Mg+2]. The predicted molar refractivity (Wildman–Crippen MR) is 33.9 cm³/mol. The molecule has 0 heterocycles. The second kappa shape index (κ2) is 15.7. The van der Waals surface area contributed by atoms with Gasteiger partial charge in [0.05, 0.1) is 0 Å². The van der Waals surface area contributed by atoms with E-state index in [2.05, 4.69) is 0 Å². The van der Waals surface area contributed by atoms with Crippen LogP contribution in [0.15, 0.2) is 0 Å². The number of hydrogen-bond acceptors (Lipinski definition) is 1. The zero-order valence-electron chi connectivity index (χ0n) is 7.63. The van der Waals surface area contributed by atoms with Crippen LogP contribution in [-0.2, 0) is 0 Å². The molecule has 7 heavy (non-hydrogen) atoms. The minimum Gasteiger partial charge on any atom is -1.00 e.